The van der Waals surface area contributed by atoms with Gasteiger partial charge in [-0.3, -0.25) is 4.79 Å². The minimum Gasteiger partial charge on any atom is -0.497 e. The Hall–Kier alpha value is -2.93. The Labute approximate surface area is 185 Å². The summed E-state index contributed by atoms with van der Waals surface area (Å²) in [6.07, 6.45) is 2.82. The second kappa shape index (κ2) is 9.47. The summed E-state index contributed by atoms with van der Waals surface area (Å²) in [7, 11) is 1.61. The van der Waals surface area contributed by atoms with E-state index in [2.05, 4.69) is 5.32 Å². The molecule has 2 aromatic carbocycles. The predicted molar refractivity (Wildman–Crippen MR) is 114 cm³/mol. The molecule has 2 aromatic rings. The number of fused-ring (bicyclic) bond motifs is 1. The lowest BCUT2D eigenvalue weighted by molar-refractivity contribution is -0.125. The van der Waals surface area contributed by atoms with Gasteiger partial charge in [0.2, 0.25) is 0 Å². The first kappa shape index (κ1) is 21.3. The van der Waals surface area contributed by atoms with Gasteiger partial charge in [0.1, 0.15) is 5.75 Å². The van der Waals surface area contributed by atoms with Gasteiger partial charge in [0.15, 0.2) is 18.1 Å². The molecule has 1 amide bonds. The first-order chi connectivity index (χ1) is 15.0. The number of ether oxygens (including phenoxy) is 4. The Morgan fingerprint density at radius 3 is 2.61 bits per heavy atom. The Kier molecular flexibility index (Phi) is 6.51. The van der Waals surface area contributed by atoms with Crippen molar-refractivity contribution in [2.45, 2.75) is 25.3 Å². The van der Waals surface area contributed by atoms with Gasteiger partial charge in [-0.05, 0) is 48.6 Å². The summed E-state index contributed by atoms with van der Waals surface area (Å²) in [4.78, 5) is 25.0. The molecule has 0 bridgehead atoms. The monoisotopic (exact) mass is 445 g/mol. The summed E-state index contributed by atoms with van der Waals surface area (Å²) < 4.78 is 21.6. The van der Waals surface area contributed by atoms with Crippen LogP contribution in [0.3, 0.4) is 0 Å². The Morgan fingerprint density at radius 1 is 1.16 bits per heavy atom. The zero-order chi connectivity index (χ0) is 21.8. The Morgan fingerprint density at radius 2 is 1.90 bits per heavy atom. The fourth-order valence-corrected chi connectivity index (χ4v) is 3.76. The van der Waals surface area contributed by atoms with Gasteiger partial charge in [0.25, 0.3) is 5.91 Å². The van der Waals surface area contributed by atoms with Gasteiger partial charge in [0.05, 0.1) is 37.0 Å². The molecule has 2 aliphatic rings. The van der Waals surface area contributed by atoms with Gasteiger partial charge in [0, 0.05) is 6.42 Å². The second-order valence-corrected chi connectivity index (χ2v) is 7.97. The maximum absolute atomic E-state index is 12.5. The van der Waals surface area contributed by atoms with Crippen LogP contribution < -0.4 is 19.5 Å². The van der Waals surface area contributed by atoms with E-state index in [1.165, 1.54) is 12.1 Å². The molecule has 1 saturated carbocycles. The van der Waals surface area contributed by atoms with E-state index in [0.29, 0.717) is 30.6 Å². The Balaban J connectivity index is 1.37. The molecule has 7 nitrogen and oxygen atoms in total. The quantitative estimate of drug-likeness (QED) is 0.650. The van der Waals surface area contributed by atoms with Crippen molar-refractivity contribution in [1.82, 2.24) is 5.32 Å². The summed E-state index contributed by atoms with van der Waals surface area (Å²) >= 11 is 6.23. The van der Waals surface area contributed by atoms with Crippen molar-refractivity contribution in [3.63, 3.8) is 0 Å². The molecule has 1 aliphatic carbocycles. The van der Waals surface area contributed by atoms with E-state index in [9.17, 15) is 9.59 Å². The van der Waals surface area contributed by atoms with Gasteiger partial charge >= 0.3 is 5.97 Å². The van der Waals surface area contributed by atoms with Crippen LogP contribution in [-0.4, -0.2) is 38.8 Å². The third-order valence-electron chi connectivity index (χ3n) is 5.26. The van der Waals surface area contributed by atoms with Crippen molar-refractivity contribution in [3.8, 4) is 17.2 Å². The number of benzene rings is 2. The first-order valence-electron chi connectivity index (χ1n) is 10.2. The number of carbonyl (C=O) groups is 2. The molecule has 1 unspecified atom stereocenters. The predicted octanol–water partition coefficient (Wildman–Crippen LogP) is 3.93. The molecule has 0 saturated heterocycles. The lowest BCUT2D eigenvalue weighted by Gasteiger charge is -2.19. The molecule has 1 N–H and O–H groups in total. The number of rotatable bonds is 7. The number of carbonyl (C=O) groups excluding carboxylic acids is 2. The normalized spacial score (nSPS) is 16.1. The molecule has 164 valence electrons. The highest BCUT2D eigenvalue weighted by Gasteiger charge is 2.33. The lowest BCUT2D eigenvalue weighted by Crippen LogP contribution is -2.33. The molecule has 1 heterocycles. The highest BCUT2D eigenvalue weighted by atomic mass is 35.5. The maximum Gasteiger partial charge on any atom is 0.338 e. The number of amides is 1. The van der Waals surface area contributed by atoms with Gasteiger partial charge in [-0.1, -0.05) is 23.7 Å². The molecule has 0 spiro atoms. The van der Waals surface area contributed by atoms with E-state index < -0.39 is 5.97 Å². The van der Waals surface area contributed by atoms with Crippen LogP contribution in [0.15, 0.2) is 36.4 Å². The van der Waals surface area contributed by atoms with Crippen LogP contribution in [0.25, 0.3) is 0 Å². The van der Waals surface area contributed by atoms with Crippen molar-refractivity contribution in [2.24, 2.45) is 5.92 Å². The number of halogens is 1. The maximum atomic E-state index is 12.5. The van der Waals surface area contributed by atoms with Crippen LogP contribution in [0.5, 0.6) is 17.2 Å². The van der Waals surface area contributed by atoms with E-state index in [1.807, 2.05) is 24.3 Å². The zero-order valence-electron chi connectivity index (χ0n) is 17.2. The lowest BCUT2D eigenvalue weighted by atomic mass is 10.0. The number of hydrogen-bond acceptors (Lipinski definition) is 6. The highest BCUT2D eigenvalue weighted by Crippen LogP contribution is 2.41. The van der Waals surface area contributed by atoms with Crippen LogP contribution in [0.4, 0.5) is 0 Å². The van der Waals surface area contributed by atoms with E-state index in [0.717, 1.165) is 30.6 Å². The molecule has 4 rings (SSSR count). The SMILES string of the molecule is COc1ccc(C(NC(=O)COC(=O)c2cc(Cl)c3c(c2)OCCCO3)C2CC2)cc1. The molecule has 0 radical (unpaired) electrons. The summed E-state index contributed by atoms with van der Waals surface area (Å²) in [5, 5.41) is 3.25. The van der Waals surface area contributed by atoms with E-state index >= 15 is 0 Å². The average molecular weight is 446 g/mol. The molecular formula is C23H24ClNO6. The summed E-state index contributed by atoms with van der Waals surface area (Å²) in [6.45, 7) is 0.579. The van der Waals surface area contributed by atoms with Gasteiger partial charge < -0.3 is 24.3 Å². The van der Waals surface area contributed by atoms with Gasteiger partial charge in [-0.15, -0.1) is 0 Å². The van der Waals surface area contributed by atoms with Crippen molar-refractivity contribution in [1.29, 1.82) is 0 Å². The van der Waals surface area contributed by atoms with E-state index in [4.69, 9.17) is 30.5 Å². The second-order valence-electron chi connectivity index (χ2n) is 7.57. The molecule has 0 aromatic heterocycles. The van der Waals surface area contributed by atoms with Crippen LogP contribution in [0, 0.1) is 5.92 Å². The fraction of sp³-hybridized carbons (Fsp3) is 0.391. The largest absolute Gasteiger partial charge is 0.497 e. The van der Waals surface area contributed by atoms with Crippen molar-refractivity contribution in [3.05, 3.63) is 52.5 Å². The van der Waals surface area contributed by atoms with Crippen LogP contribution >= 0.6 is 11.6 Å². The number of methoxy groups -OCH3 is 1. The van der Waals surface area contributed by atoms with Crippen LogP contribution in [0.1, 0.15) is 41.2 Å². The highest BCUT2D eigenvalue weighted by molar-refractivity contribution is 6.32. The van der Waals surface area contributed by atoms with Crippen molar-refractivity contribution >= 4 is 23.5 Å². The third-order valence-corrected chi connectivity index (χ3v) is 5.54. The summed E-state index contributed by atoms with van der Waals surface area (Å²) in [6, 6.07) is 10.5. The average Bonchev–Trinajstić information content (AvgIpc) is 3.63. The minimum absolute atomic E-state index is 0.121. The molecule has 8 heteroatoms. The fourth-order valence-electron chi connectivity index (χ4n) is 3.49. The smallest absolute Gasteiger partial charge is 0.338 e. The van der Waals surface area contributed by atoms with Gasteiger partial charge in [-0.2, -0.15) is 0 Å². The number of nitrogens with one attached hydrogen (secondary N) is 1. The third kappa shape index (κ3) is 5.22. The summed E-state index contributed by atoms with van der Waals surface area (Å²) in [5.41, 5.74) is 1.20. The van der Waals surface area contributed by atoms with Crippen LogP contribution in [0.2, 0.25) is 5.02 Å². The van der Waals surface area contributed by atoms with E-state index in [1.54, 1.807) is 7.11 Å². The number of hydrogen-bond donors (Lipinski definition) is 1. The van der Waals surface area contributed by atoms with Crippen molar-refractivity contribution < 1.29 is 28.5 Å². The Bertz CT molecular complexity index is 957. The molecular weight excluding hydrogens is 422 g/mol. The topological polar surface area (TPSA) is 83.1 Å². The first-order valence-corrected chi connectivity index (χ1v) is 10.6. The molecule has 1 fully saturated rings. The standard InChI is InChI=1S/C23H24ClNO6/c1-28-17-7-5-15(6-8-17)21(14-3-4-14)25-20(26)13-31-23(27)16-11-18(24)22-19(12-16)29-9-2-10-30-22/h5-8,11-12,14,21H,2-4,9-10,13H2,1H3,(H,25,26). The number of esters is 1. The van der Waals surface area contributed by atoms with E-state index in [-0.39, 0.29) is 29.1 Å². The zero-order valence-corrected chi connectivity index (χ0v) is 17.9. The summed E-state index contributed by atoms with van der Waals surface area (Å²) in [5.74, 6) is 0.942. The molecule has 1 aliphatic heterocycles. The van der Waals surface area contributed by atoms with Gasteiger partial charge in [-0.25, -0.2) is 4.79 Å². The molecule has 31 heavy (non-hydrogen) atoms. The molecule has 1 atom stereocenters. The minimum atomic E-state index is -0.653. The van der Waals surface area contributed by atoms with Crippen LogP contribution in [-0.2, 0) is 9.53 Å². The van der Waals surface area contributed by atoms with Crippen molar-refractivity contribution in [2.75, 3.05) is 26.9 Å².